The van der Waals surface area contributed by atoms with Crippen molar-refractivity contribution >= 4 is 5.91 Å². The van der Waals surface area contributed by atoms with Gasteiger partial charge in [0.15, 0.2) is 0 Å². The van der Waals surface area contributed by atoms with E-state index < -0.39 is 23.2 Å². The van der Waals surface area contributed by atoms with Crippen molar-refractivity contribution < 1.29 is 18.3 Å². The lowest BCUT2D eigenvalue weighted by molar-refractivity contribution is -0.130. The van der Waals surface area contributed by atoms with Crippen molar-refractivity contribution in [1.29, 1.82) is 0 Å². The molecule has 1 aliphatic heterocycles. The first-order chi connectivity index (χ1) is 9.42. The van der Waals surface area contributed by atoms with E-state index in [9.17, 15) is 13.6 Å². The maximum atomic E-state index is 13.6. The van der Waals surface area contributed by atoms with Crippen LogP contribution in [0.4, 0.5) is 8.78 Å². The smallest absolute Gasteiger partial charge is 0.240 e. The van der Waals surface area contributed by atoms with E-state index in [4.69, 9.17) is 10.5 Å². The number of carbonyl (C=O) groups is 1. The summed E-state index contributed by atoms with van der Waals surface area (Å²) in [7, 11) is 0. The minimum atomic E-state index is -0.983. The van der Waals surface area contributed by atoms with E-state index >= 15 is 0 Å². The number of nitrogens with two attached hydrogens (primary N) is 1. The Labute approximate surface area is 116 Å². The fourth-order valence-corrected chi connectivity index (χ4v) is 2.23. The molecule has 0 radical (unpaired) electrons. The van der Waals surface area contributed by atoms with Gasteiger partial charge in [-0.25, -0.2) is 8.78 Å². The molecule has 3 N–H and O–H groups in total. The molecule has 6 heteroatoms. The van der Waals surface area contributed by atoms with Crippen LogP contribution in [0.1, 0.15) is 31.4 Å². The van der Waals surface area contributed by atoms with Gasteiger partial charge in [0.1, 0.15) is 11.6 Å². The summed E-state index contributed by atoms with van der Waals surface area (Å²) in [6, 6.07) is 2.70. The van der Waals surface area contributed by atoms with Crippen LogP contribution in [-0.2, 0) is 9.53 Å². The monoisotopic (exact) mass is 284 g/mol. The van der Waals surface area contributed by atoms with Crippen molar-refractivity contribution in [2.45, 2.75) is 31.3 Å². The standard InChI is InChI=1S/C14H18F2N2O2/c1-9(11-3-2-10(15)8-12(11)16)18-13(19)14(17)4-6-20-7-5-14/h2-3,8-9H,4-7,17H2,1H3,(H,18,19). The number of carbonyl (C=O) groups excluding carboxylic acids is 1. The molecule has 1 fully saturated rings. The molecule has 1 heterocycles. The van der Waals surface area contributed by atoms with Gasteiger partial charge in [-0.05, 0) is 25.8 Å². The Morgan fingerprint density at radius 1 is 1.40 bits per heavy atom. The normalized spacial score (nSPS) is 19.4. The highest BCUT2D eigenvalue weighted by Crippen LogP contribution is 2.22. The third kappa shape index (κ3) is 3.13. The van der Waals surface area contributed by atoms with Gasteiger partial charge < -0.3 is 15.8 Å². The van der Waals surface area contributed by atoms with Crippen molar-refractivity contribution in [2.75, 3.05) is 13.2 Å². The first-order valence-corrected chi connectivity index (χ1v) is 6.55. The van der Waals surface area contributed by atoms with Gasteiger partial charge in [0.2, 0.25) is 5.91 Å². The molecule has 0 saturated carbocycles. The molecule has 1 aliphatic rings. The van der Waals surface area contributed by atoms with Gasteiger partial charge >= 0.3 is 0 Å². The average molecular weight is 284 g/mol. The highest BCUT2D eigenvalue weighted by molar-refractivity contribution is 5.86. The third-order valence-electron chi connectivity index (χ3n) is 3.61. The lowest BCUT2D eigenvalue weighted by atomic mass is 9.90. The molecular formula is C14H18F2N2O2. The maximum absolute atomic E-state index is 13.6. The van der Waals surface area contributed by atoms with Crippen molar-refractivity contribution in [3.8, 4) is 0 Å². The predicted octanol–water partition coefficient (Wildman–Crippen LogP) is 1.65. The summed E-state index contributed by atoms with van der Waals surface area (Å²) < 4.78 is 31.7. The zero-order chi connectivity index (χ0) is 14.8. The van der Waals surface area contributed by atoms with Crippen LogP contribution in [-0.4, -0.2) is 24.7 Å². The summed E-state index contributed by atoms with van der Waals surface area (Å²) >= 11 is 0. The van der Waals surface area contributed by atoms with Gasteiger partial charge in [0.25, 0.3) is 0 Å². The van der Waals surface area contributed by atoms with Gasteiger partial charge in [-0.15, -0.1) is 0 Å². The minimum absolute atomic E-state index is 0.232. The van der Waals surface area contributed by atoms with Crippen LogP contribution in [0.25, 0.3) is 0 Å². The van der Waals surface area contributed by atoms with E-state index in [1.807, 2.05) is 0 Å². The molecule has 1 aromatic rings. The number of rotatable bonds is 3. The summed E-state index contributed by atoms with van der Waals surface area (Å²) in [5.41, 5.74) is 5.29. The lowest BCUT2D eigenvalue weighted by Gasteiger charge is -2.33. The summed E-state index contributed by atoms with van der Waals surface area (Å²) in [4.78, 5) is 12.2. The van der Waals surface area contributed by atoms with Gasteiger partial charge in [-0.3, -0.25) is 4.79 Å². The van der Waals surface area contributed by atoms with Crippen LogP contribution in [0.2, 0.25) is 0 Å². The number of hydrogen-bond donors (Lipinski definition) is 2. The number of ether oxygens (including phenoxy) is 1. The summed E-state index contributed by atoms with van der Waals surface area (Å²) in [5, 5.41) is 2.68. The number of nitrogens with one attached hydrogen (secondary N) is 1. The largest absolute Gasteiger partial charge is 0.381 e. The van der Waals surface area contributed by atoms with E-state index in [-0.39, 0.29) is 11.5 Å². The topological polar surface area (TPSA) is 64.4 Å². The molecular weight excluding hydrogens is 266 g/mol. The highest BCUT2D eigenvalue weighted by Gasteiger charge is 2.36. The molecule has 0 aliphatic carbocycles. The van der Waals surface area contributed by atoms with Gasteiger partial charge in [0.05, 0.1) is 11.6 Å². The number of halogens is 2. The Kier molecular flexibility index (Phi) is 4.35. The summed E-state index contributed by atoms with van der Waals surface area (Å²) in [6.45, 7) is 2.50. The fourth-order valence-electron chi connectivity index (χ4n) is 2.23. The summed E-state index contributed by atoms with van der Waals surface area (Å²) in [6.07, 6.45) is 0.856. The highest BCUT2D eigenvalue weighted by atomic mass is 19.1. The predicted molar refractivity (Wildman–Crippen MR) is 69.9 cm³/mol. The van der Waals surface area contributed by atoms with E-state index in [1.165, 1.54) is 6.07 Å². The van der Waals surface area contributed by atoms with Crippen molar-refractivity contribution in [1.82, 2.24) is 5.32 Å². The molecule has 0 bridgehead atoms. The van der Waals surface area contributed by atoms with Gasteiger partial charge in [-0.2, -0.15) is 0 Å². The van der Waals surface area contributed by atoms with E-state index in [0.29, 0.717) is 26.1 Å². The fraction of sp³-hybridized carbons (Fsp3) is 0.500. The minimum Gasteiger partial charge on any atom is -0.381 e. The Bertz CT molecular complexity index is 502. The van der Waals surface area contributed by atoms with E-state index in [0.717, 1.165) is 12.1 Å². The summed E-state index contributed by atoms with van der Waals surface area (Å²) in [5.74, 6) is -1.67. The number of hydrogen-bond acceptors (Lipinski definition) is 3. The molecule has 4 nitrogen and oxygen atoms in total. The first kappa shape index (κ1) is 14.9. The van der Waals surface area contributed by atoms with Crippen molar-refractivity contribution in [3.05, 3.63) is 35.4 Å². The lowest BCUT2D eigenvalue weighted by Crippen LogP contribution is -2.57. The Morgan fingerprint density at radius 2 is 2.05 bits per heavy atom. The van der Waals surface area contributed by atoms with Crippen molar-refractivity contribution in [3.63, 3.8) is 0 Å². The van der Waals surface area contributed by atoms with E-state index in [2.05, 4.69) is 5.32 Å². The number of amides is 1. The molecule has 1 amide bonds. The first-order valence-electron chi connectivity index (χ1n) is 6.55. The maximum Gasteiger partial charge on any atom is 0.240 e. The second kappa shape index (κ2) is 5.85. The van der Waals surface area contributed by atoms with Crippen LogP contribution in [0.5, 0.6) is 0 Å². The Balaban J connectivity index is 2.07. The van der Waals surface area contributed by atoms with Crippen LogP contribution in [0.3, 0.4) is 0 Å². The third-order valence-corrected chi connectivity index (χ3v) is 3.61. The molecule has 1 unspecified atom stereocenters. The molecule has 2 rings (SSSR count). The quantitative estimate of drug-likeness (QED) is 0.887. The average Bonchev–Trinajstić information content (AvgIpc) is 2.39. The second-order valence-corrected chi connectivity index (χ2v) is 5.13. The van der Waals surface area contributed by atoms with Crippen LogP contribution < -0.4 is 11.1 Å². The molecule has 0 aromatic heterocycles. The Hall–Kier alpha value is -1.53. The number of benzene rings is 1. The van der Waals surface area contributed by atoms with Crippen molar-refractivity contribution in [2.24, 2.45) is 5.73 Å². The molecule has 1 aromatic carbocycles. The zero-order valence-corrected chi connectivity index (χ0v) is 11.3. The molecule has 1 saturated heterocycles. The van der Waals surface area contributed by atoms with Crippen LogP contribution in [0.15, 0.2) is 18.2 Å². The zero-order valence-electron chi connectivity index (χ0n) is 11.3. The molecule has 20 heavy (non-hydrogen) atoms. The van der Waals surface area contributed by atoms with Crippen LogP contribution >= 0.6 is 0 Å². The van der Waals surface area contributed by atoms with E-state index in [1.54, 1.807) is 6.92 Å². The SMILES string of the molecule is CC(NC(=O)C1(N)CCOCC1)c1ccc(F)cc1F. The van der Waals surface area contributed by atoms with Gasteiger partial charge in [-0.1, -0.05) is 6.07 Å². The van der Waals surface area contributed by atoms with Crippen LogP contribution in [0, 0.1) is 11.6 Å². The molecule has 1 atom stereocenters. The molecule has 0 spiro atoms. The Morgan fingerprint density at radius 3 is 2.65 bits per heavy atom. The second-order valence-electron chi connectivity index (χ2n) is 5.13. The molecule has 110 valence electrons. The van der Waals surface area contributed by atoms with Gasteiger partial charge in [0, 0.05) is 24.8 Å².